The van der Waals surface area contributed by atoms with Crippen molar-refractivity contribution in [3.63, 3.8) is 0 Å². The van der Waals surface area contributed by atoms with Crippen LogP contribution in [0.2, 0.25) is 0 Å². The van der Waals surface area contributed by atoms with E-state index in [1.54, 1.807) is 6.42 Å². The fraction of sp³-hybridized carbons (Fsp3) is 0.700. The van der Waals surface area contributed by atoms with Crippen LogP contribution in [0, 0.1) is 31.6 Å². The van der Waals surface area contributed by atoms with Gasteiger partial charge in [0.2, 0.25) is 0 Å². The molecule has 4 rings (SSSR count). The summed E-state index contributed by atoms with van der Waals surface area (Å²) < 4.78 is 0. The molecule has 1 saturated heterocycles. The molecule has 3 aliphatic rings. The minimum atomic E-state index is 1.02. The number of piperazine rings is 1. The van der Waals surface area contributed by atoms with Gasteiger partial charge in [0.05, 0.1) is 0 Å². The Bertz CT molecular complexity index is 531. The van der Waals surface area contributed by atoms with E-state index >= 15 is 0 Å². The van der Waals surface area contributed by atoms with Gasteiger partial charge in [-0.1, -0.05) is 18.6 Å². The van der Waals surface area contributed by atoms with Crippen molar-refractivity contribution in [3.8, 4) is 0 Å². The van der Waals surface area contributed by atoms with Crippen molar-refractivity contribution in [2.45, 2.75) is 39.5 Å². The first-order chi connectivity index (χ1) is 10.7. The second kappa shape index (κ2) is 5.88. The molecule has 0 N–H and O–H groups in total. The lowest BCUT2D eigenvalue weighted by Gasteiger charge is -2.39. The topological polar surface area (TPSA) is 6.48 Å². The number of aryl methyl sites for hydroxylation is 2. The van der Waals surface area contributed by atoms with Gasteiger partial charge in [0.25, 0.3) is 0 Å². The van der Waals surface area contributed by atoms with E-state index in [0.29, 0.717) is 0 Å². The Balaban J connectivity index is 1.33. The van der Waals surface area contributed by atoms with E-state index in [-0.39, 0.29) is 0 Å². The molecule has 0 radical (unpaired) electrons. The molecule has 22 heavy (non-hydrogen) atoms. The predicted octanol–water partition coefficient (Wildman–Crippen LogP) is 3.86. The summed E-state index contributed by atoms with van der Waals surface area (Å²) in [4.78, 5) is 5.34. The van der Waals surface area contributed by atoms with Crippen molar-refractivity contribution >= 4 is 5.69 Å². The van der Waals surface area contributed by atoms with Gasteiger partial charge in [-0.2, -0.15) is 0 Å². The lowest BCUT2D eigenvalue weighted by Crippen LogP contribution is -2.48. The lowest BCUT2D eigenvalue weighted by atomic mass is 9.88. The average molecular weight is 298 g/mol. The number of anilines is 1. The molecule has 120 valence electrons. The van der Waals surface area contributed by atoms with Gasteiger partial charge in [0, 0.05) is 38.4 Å². The van der Waals surface area contributed by atoms with Crippen LogP contribution >= 0.6 is 0 Å². The number of hydrogen-bond donors (Lipinski definition) is 0. The van der Waals surface area contributed by atoms with E-state index in [9.17, 15) is 0 Å². The van der Waals surface area contributed by atoms with Crippen LogP contribution in [0.5, 0.6) is 0 Å². The summed E-state index contributed by atoms with van der Waals surface area (Å²) >= 11 is 0. The largest absolute Gasteiger partial charge is 0.369 e. The van der Waals surface area contributed by atoms with Gasteiger partial charge in [-0.15, -0.1) is 0 Å². The summed E-state index contributed by atoms with van der Waals surface area (Å²) in [7, 11) is 0. The van der Waals surface area contributed by atoms with Gasteiger partial charge in [-0.25, -0.2) is 0 Å². The third-order valence-electron chi connectivity index (χ3n) is 6.45. The fourth-order valence-corrected chi connectivity index (χ4v) is 5.16. The van der Waals surface area contributed by atoms with E-state index in [1.807, 2.05) is 0 Å². The zero-order valence-electron chi connectivity index (χ0n) is 14.2. The van der Waals surface area contributed by atoms with Crippen molar-refractivity contribution in [2.24, 2.45) is 17.8 Å². The molecular formula is C20H30N2. The van der Waals surface area contributed by atoms with Gasteiger partial charge in [-0.3, -0.25) is 4.90 Å². The quantitative estimate of drug-likeness (QED) is 0.836. The highest BCUT2D eigenvalue weighted by Crippen LogP contribution is 2.48. The van der Waals surface area contributed by atoms with Gasteiger partial charge >= 0.3 is 0 Å². The highest BCUT2D eigenvalue weighted by atomic mass is 15.3. The van der Waals surface area contributed by atoms with Crippen LogP contribution in [-0.2, 0) is 0 Å². The fourth-order valence-electron chi connectivity index (χ4n) is 5.16. The van der Waals surface area contributed by atoms with E-state index in [2.05, 4.69) is 41.8 Å². The Morgan fingerprint density at radius 3 is 2.50 bits per heavy atom. The lowest BCUT2D eigenvalue weighted by molar-refractivity contribution is 0.182. The number of rotatable bonds is 3. The molecule has 2 heteroatoms. The Morgan fingerprint density at radius 2 is 1.82 bits per heavy atom. The maximum Gasteiger partial charge on any atom is 0.0399 e. The standard InChI is InChI=1S/C20H30N2/c1-15-3-4-16(2)20(11-15)22-9-7-21(8-10-22)14-19-13-17-5-6-18(19)12-17/h3-4,11,17-19H,5-10,12-14H2,1-2H3. The number of benzene rings is 1. The van der Waals surface area contributed by atoms with Crippen molar-refractivity contribution in [1.82, 2.24) is 4.90 Å². The monoisotopic (exact) mass is 298 g/mol. The molecule has 2 saturated carbocycles. The molecule has 1 aromatic rings. The molecule has 0 amide bonds. The molecule has 2 bridgehead atoms. The van der Waals surface area contributed by atoms with Crippen LogP contribution in [0.1, 0.15) is 36.8 Å². The van der Waals surface area contributed by atoms with E-state index in [0.717, 1.165) is 17.8 Å². The first-order valence-corrected chi connectivity index (χ1v) is 9.23. The first kappa shape index (κ1) is 14.6. The van der Waals surface area contributed by atoms with Crippen LogP contribution in [0.3, 0.4) is 0 Å². The van der Waals surface area contributed by atoms with E-state index in [4.69, 9.17) is 0 Å². The summed E-state index contributed by atoms with van der Waals surface area (Å²) in [6.07, 6.45) is 6.13. The summed E-state index contributed by atoms with van der Waals surface area (Å²) in [6, 6.07) is 6.86. The molecule has 2 aliphatic carbocycles. The first-order valence-electron chi connectivity index (χ1n) is 9.23. The Morgan fingerprint density at radius 1 is 1.00 bits per heavy atom. The summed E-state index contributed by atoms with van der Waals surface area (Å²) in [5.74, 6) is 3.18. The highest BCUT2D eigenvalue weighted by Gasteiger charge is 2.40. The molecule has 2 nitrogen and oxygen atoms in total. The van der Waals surface area contributed by atoms with Crippen molar-refractivity contribution in [1.29, 1.82) is 0 Å². The molecule has 3 atom stereocenters. The number of nitrogens with zero attached hydrogens (tertiary/aromatic N) is 2. The zero-order valence-corrected chi connectivity index (χ0v) is 14.2. The van der Waals surface area contributed by atoms with E-state index < -0.39 is 0 Å². The molecule has 3 unspecified atom stereocenters. The number of hydrogen-bond acceptors (Lipinski definition) is 2. The predicted molar refractivity (Wildman–Crippen MR) is 93.5 cm³/mol. The molecule has 1 aliphatic heterocycles. The van der Waals surface area contributed by atoms with Crippen LogP contribution in [0.4, 0.5) is 5.69 Å². The summed E-state index contributed by atoms with van der Waals surface area (Å²) in [5, 5.41) is 0. The summed E-state index contributed by atoms with van der Waals surface area (Å²) in [5.41, 5.74) is 4.26. The Hall–Kier alpha value is -1.02. The van der Waals surface area contributed by atoms with E-state index in [1.165, 1.54) is 68.8 Å². The van der Waals surface area contributed by atoms with Crippen molar-refractivity contribution < 1.29 is 0 Å². The maximum absolute atomic E-state index is 2.74. The van der Waals surface area contributed by atoms with Gasteiger partial charge in [-0.05, 0) is 68.1 Å². The Labute approximate surface area is 135 Å². The maximum atomic E-state index is 2.74. The highest BCUT2D eigenvalue weighted by molar-refractivity contribution is 5.55. The van der Waals surface area contributed by atoms with Crippen molar-refractivity contribution in [2.75, 3.05) is 37.6 Å². The normalized spacial score (nSPS) is 31.9. The SMILES string of the molecule is Cc1ccc(C)c(N2CCN(CC3CC4CCC3C4)CC2)c1. The Kier molecular flexibility index (Phi) is 3.89. The average Bonchev–Trinajstić information content (AvgIpc) is 3.13. The van der Waals surface area contributed by atoms with Crippen LogP contribution in [0.25, 0.3) is 0 Å². The van der Waals surface area contributed by atoms with Crippen LogP contribution < -0.4 is 4.90 Å². The second-order valence-electron chi connectivity index (χ2n) is 8.01. The number of fused-ring (bicyclic) bond motifs is 2. The molecule has 1 heterocycles. The summed E-state index contributed by atoms with van der Waals surface area (Å²) in [6.45, 7) is 10.7. The van der Waals surface area contributed by atoms with Gasteiger partial charge in [0.15, 0.2) is 0 Å². The molecule has 1 aromatic carbocycles. The van der Waals surface area contributed by atoms with Gasteiger partial charge in [0.1, 0.15) is 0 Å². The third-order valence-corrected chi connectivity index (χ3v) is 6.45. The zero-order chi connectivity index (χ0) is 15.1. The molecule has 0 spiro atoms. The van der Waals surface area contributed by atoms with Crippen LogP contribution in [0.15, 0.2) is 18.2 Å². The molecule has 3 fully saturated rings. The minimum Gasteiger partial charge on any atom is -0.369 e. The second-order valence-corrected chi connectivity index (χ2v) is 8.01. The smallest absolute Gasteiger partial charge is 0.0399 e. The van der Waals surface area contributed by atoms with Crippen LogP contribution in [-0.4, -0.2) is 37.6 Å². The third kappa shape index (κ3) is 2.78. The van der Waals surface area contributed by atoms with Crippen molar-refractivity contribution in [3.05, 3.63) is 29.3 Å². The minimum absolute atomic E-state index is 1.02. The molecular weight excluding hydrogens is 268 g/mol. The molecule has 0 aromatic heterocycles. The van der Waals surface area contributed by atoms with Gasteiger partial charge < -0.3 is 4.90 Å².